The molecule has 0 bridgehead atoms. The van der Waals surface area contributed by atoms with Crippen LogP contribution in [-0.2, 0) is 16.4 Å². The van der Waals surface area contributed by atoms with Gasteiger partial charge >= 0.3 is 0 Å². The molecule has 0 amide bonds. The lowest BCUT2D eigenvalue weighted by atomic mass is 9.92. The van der Waals surface area contributed by atoms with Crippen LogP contribution in [0.4, 0.5) is 0 Å². The molecule has 4 heteroatoms. The van der Waals surface area contributed by atoms with E-state index in [-0.39, 0.29) is 0 Å². The zero-order valence-electron chi connectivity index (χ0n) is 12.3. The highest BCUT2D eigenvalue weighted by Crippen LogP contribution is 2.42. The summed E-state index contributed by atoms with van der Waals surface area (Å²) < 4.78 is 11.5. The molecule has 1 unspecified atom stereocenters. The van der Waals surface area contributed by atoms with Crippen LogP contribution in [0, 0.1) is 6.92 Å². The third kappa shape index (κ3) is 3.05. The third-order valence-corrected chi connectivity index (χ3v) is 6.37. The standard InChI is InChI=1S/C17H19ClO2S/c1-13-9-11-15(12-10-13)21(20)17(3,18)16(2,19)14-7-5-4-6-8-14/h4-12,19H,1-3H3/t16-,17-,21?/m0/s1. The topological polar surface area (TPSA) is 37.3 Å². The minimum Gasteiger partial charge on any atom is -0.383 e. The monoisotopic (exact) mass is 322 g/mol. The lowest BCUT2D eigenvalue weighted by Gasteiger charge is -2.37. The Morgan fingerprint density at radius 2 is 1.52 bits per heavy atom. The molecule has 0 fully saturated rings. The van der Waals surface area contributed by atoms with E-state index >= 15 is 0 Å². The Balaban J connectivity index is 2.40. The average Bonchev–Trinajstić information content (AvgIpc) is 2.48. The molecule has 0 spiro atoms. The predicted octanol–water partition coefficient (Wildman–Crippen LogP) is 3.97. The van der Waals surface area contributed by atoms with Gasteiger partial charge in [0.05, 0.1) is 10.8 Å². The Bertz CT molecular complexity index is 634. The summed E-state index contributed by atoms with van der Waals surface area (Å²) in [6.45, 7) is 5.17. The van der Waals surface area contributed by atoms with E-state index in [9.17, 15) is 9.32 Å². The summed E-state index contributed by atoms with van der Waals surface area (Å²) in [4.78, 5) is 0.606. The van der Waals surface area contributed by atoms with E-state index in [0.29, 0.717) is 10.5 Å². The van der Waals surface area contributed by atoms with E-state index in [1.807, 2.05) is 37.3 Å². The molecule has 1 N–H and O–H groups in total. The molecule has 3 atom stereocenters. The highest BCUT2D eigenvalue weighted by atomic mass is 35.5. The van der Waals surface area contributed by atoms with Gasteiger partial charge in [-0.15, -0.1) is 11.6 Å². The fraction of sp³-hybridized carbons (Fsp3) is 0.294. The zero-order chi connectivity index (χ0) is 15.7. The first-order valence-corrected chi connectivity index (χ1v) is 8.25. The van der Waals surface area contributed by atoms with Gasteiger partial charge in [0.15, 0.2) is 4.21 Å². The van der Waals surface area contributed by atoms with Gasteiger partial charge in [0.25, 0.3) is 0 Å². The van der Waals surface area contributed by atoms with E-state index in [4.69, 9.17) is 11.6 Å². The molecule has 2 aromatic rings. The van der Waals surface area contributed by atoms with Crippen molar-refractivity contribution in [3.8, 4) is 0 Å². The molecule has 0 aliphatic carbocycles. The number of rotatable bonds is 4. The van der Waals surface area contributed by atoms with Gasteiger partial charge in [-0.2, -0.15) is 0 Å². The molecule has 21 heavy (non-hydrogen) atoms. The summed E-state index contributed by atoms with van der Waals surface area (Å²) >= 11 is 6.54. The van der Waals surface area contributed by atoms with Gasteiger partial charge in [0.2, 0.25) is 0 Å². The number of alkyl halides is 1. The Labute approximate surface area is 133 Å². The number of aryl methyl sites for hydroxylation is 1. The maximum atomic E-state index is 12.8. The summed E-state index contributed by atoms with van der Waals surface area (Å²) in [6, 6.07) is 16.4. The van der Waals surface area contributed by atoms with E-state index in [1.54, 1.807) is 38.1 Å². The van der Waals surface area contributed by atoms with Crippen LogP contribution in [0.3, 0.4) is 0 Å². The average molecular weight is 323 g/mol. The fourth-order valence-electron chi connectivity index (χ4n) is 2.08. The lowest BCUT2D eigenvalue weighted by molar-refractivity contribution is 0.0449. The minimum atomic E-state index is -1.56. The molecule has 0 aliphatic rings. The molecule has 2 aromatic carbocycles. The number of aliphatic hydroxyl groups is 1. The molecule has 112 valence electrons. The number of benzene rings is 2. The van der Waals surface area contributed by atoms with Crippen molar-refractivity contribution < 1.29 is 9.32 Å². The highest BCUT2D eigenvalue weighted by molar-refractivity contribution is 7.88. The summed E-state index contributed by atoms with van der Waals surface area (Å²) in [5.41, 5.74) is 0.302. The van der Waals surface area contributed by atoms with Crippen molar-refractivity contribution in [3.63, 3.8) is 0 Å². The maximum Gasteiger partial charge on any atom is 0.153 e. The van der Waals surface area contributed by atoms with E-state index in [0.717, 1.165) is 5.56 Å². The van der Waals surface area contributed by atoms with Crippen LogP contribution in [-0.4, -0.2) is 13.5 Å². The molecule has 0 heterocycles. The van der Waals surface area contributed by atoms with Crippen molar-refractivity contribution in [3.05, 3.63) is 65.7 Å². The third-order valence-electron chi connectivity index (χ3n) is 3.79. The first-order valence-electron chi connectivity index (χ1n) is 6.72. The summed E-state index contributed by atoms with van der Waals surface area (Å²) in [6.07, 6.45) is 0. The molecule has 0 aromatic heterocycles. The van der Waals surface area contributed by atoms with Crippen molar-refractivity contribution in [2.45, 2.75) is 35.5 Å². The largest absolute Gasteiger partial charge is 0.383 e. The van der Waals surface area contributed by atoms with Crippen LogP contribution in [0.2, 0.25) is 0 Å². The number of halogens is 1. The molecule has 2 nitrogen and oxygen atoms in total. The van der Waals surface area contributed by atoms with Crippen molar-refractivity contribution >= 4 is 22.4 Å². The molecule has 0 saturated carbocycles. The van der Waals surface area contributed by atoms with Gasteiger partial charge in [-0.25, -0.2) is 0 Å². The Hall–Kier alpha value is -1.16. The SMILES string of the molecule is Cc1ccc(S(=O)[C@](C)(Cl)[C@@](C)(O)c2ccccc2)cc1. The number of hydrogen-bond donors (Lipinski definition) is 1. The maximum absolute atomic E-state index is 12.8. The normalized spacial score (nSPS) is 18.5. The Morgan fingerprint density at radius 1 is 1.00 bits per heavy atom. The van der Waals surface area contributed by atoms with Crippen molar-refractivity contribution in [2.24, 2.45) is 0 Å². The summed E-state index contributed by atoms with van der Waals surface area (Å²) in [5.74, 6) is 0. The van der Waals surface area contributed by atoms with Gasteiger partial charge in [0.1, 0.15) is 5.60 Å². The molecule has 2 rings (SSSR count). The van der Waals surface area contributed by atoms with Crippen LogP contribution >= 0.6 is 11.6 Å². The molecule has 0 radical (unpaired) electrons. The van der Waals surface area contributed by atoms with Crippen LogP contribution < -0.4 is 0 Å². The zero-order valence-corrected chi connectivity index (χ0v) is 13.9. The Kier molecular flexibility index (Phi) is 4.57. The molecular weight excluding hydrogens is 304 g/mol. The second kappa shape index (κ2) is 5.91. The van der Waals surface area contributed by atoms with Crippen molar-refractivity contribution in [1.82, 2.24) is 0 Å². The van der Waals surface area contributed by atoms with Crippen LogP contribution in [0.5, 0.6) is 0 Å². The smallest absolute Gasteiger partial charge is 0.153 e. The second-order valence-electron chi connectivity index (χ2n) is 5.44. The first kappa shape index (κ1) is 16.2. The summed E-state index contributed by atoms with van der Waals surface area (Å²) in [5, 5.41) is 10.9. The van der Waals surface area contributed by atoms with Crippen LogP contribution in [0.1, 0.15) is 25.0 Å². The summed E-state index contributed by atoms with van der Waals surface area (Å²) in [7, 11) is -1.56. The number of hydrogen-bond acceptors (Lipinski definition) is 2. The quantitative estimate of drug-likeness (QED) is 0.865. The predicted molar refractivity (Wildman–Crippen MR) is 87.9 cm³/mol. The van der Waals surface area contributed by atoms with E-state index < -0.39 is 20.6 Å². The van der Waals surface area contributed by atoms with E-state index in [1.165, 1.54) is 0 Å². The van der Waals surface area contributed by atoms with Gasteiger partial charge in [-0.05, 0) is 38.5 Å². The van der Waals surface area contributed by atoms with Crippen molar-refractivity contribution in [2.75, 3.05) is 0 Å². The fourth-order valence-corrected chi connectivity index (χ4v) is 3.77. The van der Waals surface area contributed by atoms with Gasteiger partial charge in [-0.3, -0.25) is 4.21 Å². The molecule has 0 aliphatic heterocycles. The van der Waals surface area contributed by atoms with Crippen LogP contribution in [0.25, 0.3) is 0 Å². The second-order valence-corrected chi connectivity index (χ2v) is 8.24. The van der Waals surface area contributed by atoms with E-state index in [2.05, 4.69) is 0 Å². The molecular formula is C17H19ClO2S. The molecule has 0 saturated heterocycles. The van der Waals surface area contributed by atoms with Crippen molar-refractivity contribution in [1.29, 1.82) is 0 Å². The Morgan fingerprint density at radius 3 is 2.05 bits per heavy atom. The lowest BCUT2D eigenvalue weighted by Crippen LogP contribution is -2.46. The minimum absolute atomic E-state index is 0.606. The highest BCUT2D eigenvalue weighted by Gasteiger charge is 2.48. The first-order chi connectivity index (χ1) is 9.76. The van der Waals surface area contributed by atoms with Gasteiger partial charge < -0.3 is 5.11 Å². The van der Waals surface area contributed by atoms with Gasteiger partial charge in [-0.1, -0.05) is 48.0 Å². The van der Waals surface area contributed by atoms with Gasteiger partial charge in [0, 0.05) is 4.90 Å². The van der Waals surface area contributed by atoms with Crippen LogP contribution in [0.15, 0.2) is 59.5 Å².